The van der Waals surface area contributed by atoms with E-state index in [4.69, 9.17) is 15.9 Å². The molecule has 1 heterocycles. The van der Waals surface area contributed by atoms with Gasteiger partial charge in [-0.05, 0) is 51.1 Å². The maximum atomic E-state index is 12.9. The zero-order chi connectivity index (χ0) is 22.7. The average molecular weight is 430 g/mol. The van der Waals surface area contributed by atoms with Crippen molar-refractivity contribution in [3.63, 3.8) is 0 Å². The summed E-state index contributed by atoms with van der Waals surface area (Å²) in [6, 6.07) is -3.68. The van der Waals surface area contributed by atoms with Gasteiger partial charge in [-0.3, -0.25) is 14.4 Å². The number of rotatable bonds is 13. The first-order valence-corrected chi connectivity index (χ1v) is 10.4. The van der Waals surface area contributed by atoms with E-state index in [0.29, 0.717) is 25.8 Å². The lowest BCUT2D eigenvalue weighted by molar-refractivity contribution is -0.143. The third kappa shape index (κ3) is 8.25. The molecule has 0 radical (unpaired) electrons. The van der Waals surface area contributed by atoms with Crippen LogP contribution in [0.4, 0.5) is 0 Å². The van der Waals surface area contributed by atoms with Gasteiger partial charge >= 0.3 is 5.97 Å². The molecule has 3 amide bonds. The molecule has 0 aromatic heterocycles. The van der Waals surface area contributed by atoms with Crippen molar-refractivity contribution in [1.82, 2.24) is 21.3 Å². The molecule has 1 saturated heterocycles. The summed E-state index contributed by atoms with van der Waals surface area (Å²) in [6.07, 6.45) is 2.99. The molecule has 0 aromatic rings. The smallest absolute Gasteiger partial charge is 0.328 e. The molecular formula is C19H35N5O6. The predicted octanol–water partition coefficient (Wildman–Crippen LogP) is -1.95. The van der Waals surface area contributed by atoms with Gasteiger partial charge in [0.05, 0.1) is 12.6 Å². The Kier molecular flexibility index (Phi) is 11.3. The van der Waals surface area contributed by atoms with Crippen LogP contribution in [0.1, 0.15) is 46.0 Å². The molecule has 4 atom stereocenters. The number of carboxylic acids is 1. The van der Waals surface area contributed by atoms with E-state index in [-0.39, 0.29) is 24.3 Å². The number of amides is 3. The lowest BCUT2D eigenvalue weighted by atomic mass is 10.0. The molecule has 1 rings (SSSR count). The Balaban J connectivity index is 2.83. The van der Waals surface area contributed by atoms with Gasteiger partial charge in [0.25, 0.3) is 0 Å². The molecule has 0 aliphatic carbocycles. The molecule has 1 aliphatic rings. The summed E-state index contributed by atoms with van der Waals surface area (Å²) in [7, 11) is 0. The first-order chi connectivity index (χ1) is 14.2. The van der Waals surface area contributed by atoms with Crippen LogP contribution in [0, 0.1) is 5.92 Å². The zero-order valence-electron chi connectivity index (χ0n) is 17.6. The number of unbranched alkanes of at least 4 members (excludes halogenated alkanes) is 1. The van der Waals surface area contributed by atoms with E-state index < -0.39 is 42.5 Å². The van der Waals surface area contributed by atoms with Crippen LogP contribution in [-0.4, -0.2) is 77.8 Å². The van der Waals surface area contributed by atoms with Gasteiger partial charge in [-0.1, -0.05) is 13.8 Å². The fourth-order valence-electron chi connectivity index (χ4n) is 3.18. The van der Waals surface area contributed by atoms with Crippen molar-refractivity contribution in [2.24, 2.45) is 11.7 Å². The van der Waals surface area contributed by atoms with Crippen LogP contribution in [0.2, 0.25) is 0 Å². The lowest BCUT2D eigenvalue weighted by Gasteiger charge is -2.27. The number of nitrogens with one attached hydrogen (secondary N) is 4. The molecular weight excluding hydrogens is 394 g/mol. The molecule has 11 heteroatoms. The maximum Gasteiger partial charge on any atom is 0.328 e. The van der Waals surface area contributed by atoms with Gasteiger partial charge in [-0.15, -0.1) is 0 Å². The van der Waals surface area contributed by atoms with Gasteiger partial charge < -0.3 is 37.2 Å². The van der Waals surface area contributed by atoms with Gasteiger partial charge in [0, 0.05) is 0 Å². The Morgan fingerprint density at radius 2 is 1.73 bits per heavy atom. The van der Waals surface area contributed by atoms with Crippen molar-refractivity contribution in [3.8, 4) is 0 Å². The number of aliphatic hydroxyl groups is 1. The third-order valence-electron chi connectivity index (χ3n) is 5.00. The fraction of sp³-hybridized carbons (Fsp3) is 0.789. The van der Waals surface area contributed by atoms with Crippen molar-refractivity contribution in [2.75, 3.05) is 19.7 Å². The maximum absolute atomic E-state index is 12.9. The van der Waals surface area contributed by atoms with Crippen LogP contribution >= 0.6 is 0 Å². The number of carbonyl (C=O) groups excluding carboxylic acids is 3. The van der Waals surface area contributed by atoms with E-state index in [1.54, 1.807) is 13.8 Å². The van der Waals surface area contributed by atoms with E-state index in [0.717, 1.165) is 13.0 Å². The summed E-state index contributed by atoms with van der Waals surface area (Å²) in [5, 5.41) is 28.8. The second-order valence-electron chi connectivity index (χ2n) is 7.81. The Morgan fingerprint density at radius 1 is 1.07 bits per heavy atom. The summed E-state index contributed by atoms with van der Waals surface area (Å²) >= 11 is 0. The van der Waals surface area contributed by atoms with Crippen molar-refractivity contribution < 1.29 is 29.4 Å². The van der Waals surface area contributed by atoms with Crippen molar-refractivity contribution in [1.29, 1.82) is 0 Å². The van der Waals surface area contributed by atoms with Crippen LogP contribution < -0.4 is 27.0 Å². The summed E-state index contributed by atoms with van der Waals surface area (Å²) in [4.78, 5) is 48.9. The molecule has 1 aliphatic heterocycles. The molecule has 30 heavy (non-hydrogen) atoms. The van der Waals surface area contributed by atoms with Gasteiger partial charge in [-0.25, -0.2) is 4.79 Å². The topological polar surface area (TPSA) is 183 Å². The summed E-state index contributed by atoms with van der Waals surface area (Å²) in [5.74, 6) is -3.12. The van der Waals surface area contributed by atoms with Crippen LogP contribution in [0.3, 0.4) is 0 Å². The average Bonchev–Trinajstić information content (AvgIpc) is 3.23. The molecule has 8 N–H and O–H groups in total. The number of aliphatic carboxylic acids is 1. The first-order valence-electron chi connectivity index (χ1n) is 10.4. The standard InChI is InChI=1S/C19H35N5O6/c1-11(2)15(24-16(26)12-7-5-9-21-12)18(28)22-13(6-3-4-8-20)17(27)23-14(10-25)19(29)30/h11-15,21,25H,3-10,20H2,1-2H3,(H,22,28)(H,23,27)(H,24,26)(H,29,30). The monoisotopic (exact) mass is 429 g/mol. The van der Waals surface area contributed by atoms with Crippen molar-refractivity contribution >= 4 is 23.7 Å². The Hall–Kier alpha value is -2.24. The summed E-state index contributed by atoms with van der Waals surface area (Å²) < 4.78 is 0. The van der Waals surface area contributed by atoms with Crippen LogP contribution in [0.5, 0.6) is 0 Å². The Labute approximate surface area is 176 Å². The molecule has 4 unspecified atom stereocenters. The number of nitrogens with two attached hydrogens (primary N) is 1. The van der Waals surface area contributed by atoms with Crippen molar-refractivity contribution in [3.05, 3.63) is 0 Å². The molecule has 11 nitrogen and oxygen atoms in total. The minimum absolute atomic E-state index is 0.229. The van der Waals surface area contributed by atoms with Gasteiger partial charge in [0.2, 0.25) is 17.7 Å². The summed E-state index contributed by atoms with van der Waals surface area (Å²) in [5.41, 5.74) is 5.48. The van der Waals surface area contributed by atoms with Crippen LogP contribution in [0.25, 0.3) is 0 Å². The molecule has 0 spiro atoms. The Bertz CT molecular complexity index is 594. The second-order valence-corrected chi connectivity index (χ2v) is 7.81. The SMILES string of the molecule is CC(C)C(NC(=O)C1CCCN1)C(=O)NC(CCCCN)C(=O)NC(CO)C(=O)O. The van der Waals surface area contributed by atoms with Crippen molar-refractivity contribution in [2.45, 2.75) is 70.1 Å². The quantitative estimate of drug-likeness (QED) is 0.165. The highest BCUT2D eigenvalue weighted by Crippen LogP contribution is 2.09. The number of carboxylic acid groups (broad SMARTS) is 1. The second kappa shape index (κ2) is 13.1. The van der Waals surface area contributed by atoms with E-state index >= 15 is 0 Å². The molecule has 172 valence electrons. The lowest BCUT2D eigenvalue weighted by Crippen LogP contribution is -2.58. The third-order valence-corrected chi connectivity index (χ3v) is 5.00. The van der Waals surface area contributed by atoms with E-state index in [2.05, 4.69) is 21.3 Å². The highest BCUT2D eigenvalue weighted by molar-refractivity contribution is 5.94. The minimum Gasteiger partial charge on any atom is -0.480 e. The predicted molar refractivity (Wildman–Crippen MR) is 109 cm³/mol. The number of carbonyl (C=O) groups is 4. The number of hydrogen-bond acceptors (Lipinski definition) is 7. The molecule has 0 saturated carbocycles. The number of aliphatic hydroxyl groups excluding tert-OH is 1. The van der Waals surface area contributed by atoms with E-state index in [1.807, 2.05) is 0 Å². The molecule has 1 fully saturated rings. The van der Waals surface area contributed by atoms with Gasteiger partial charge in [0.15, 0.2) is 0 Å². The number of hydrogen-bond donors (Lipinski definition) is 7. The normalized spacial score (nSPS) is 19.0. The Morgan fingerprint density at radius 3 is 2.23 bits per heavy atom. The minimum atomic E-state index is -1.47. The van der Waals surface area contributed by atoms with E-state index in [9.17, 15) is 19.2 Å². The fourth-order valence-corrected chi connectivity index (χ4v) is 3.18. The molecule has 0 bridgehead atoms. The van der Waals surface area contributed by atoms with Gasteiger partial charge in [-0.2, -0.15) is 0 Å². The largest absolute Gasteiger partial charge is 0.480 e. The molecule has 0 aromatic carbocycles. The zero-order valence-corrected chi connectivity index (χ0v) is 17.6. The highest BCUT2D eigenvalue weighted by atomic mass is 16.4. The van der Waals surface area contributed by atoms with Crippen LogP contribution in [0.15, 0.2) is 0 Å². The van der Waals surface area contributed by atoms with E-state index in [1.165, 1.54) is 0 Å². The summed E-state index contributed by atoms with van der Waals surface area (Å²) in [6.45, 7) is 3.94. The van der Waals surface area contributed by atoms with Crippen LogP contribution in [-0.2, 0) is 19.2 Å². The first kappa shape index (κ1) is 25.8. The highest BCUT2D eigenvalue weighted by Gasteiger charge is 2.32. The van der Waals surface area contributed by atoms with Gasteiger partial charge in [0.1, 0.15) is 18.1 Å².